The molecule has 176 valence electrons. The molecular weight excluding hydrogens is 418 g/mol. The average Bonchev–Trinajstić information content (AvgIpc) is 2.80. The van der Waals surface area contributed by atoms with E-state index in [1.807, 2.05) is 25.2 Å². The lowest BCUT2D eigenvalue weighted by Crippen LogP contribution is -2.23. The second kappa shape index (κ2) is 11.9. The number of nitrogens with one attached hydrogen (secondary N) is 1. The Kier molecular flexibility index (Phi) is 8.71. The number of nitrogens with two attached hydrogens (primary N) is 3. The summed E-state index contributed by atoms with van der Waals surface area (Å²) in [6.07, 6.45) is 7.52. The third-order valence-corrected chi connectivity index (χ3v) is 5.35. The molecule has 0 aliphatic heterocycles. The van der Waals surface area contributed by atoms with Crippen LogP contribution in [0.4, 0.5) is 17.5 Å². The first kappa shape index (κ1) is 24.1. The Bertz CT molecular complexity index is 1070. The topological polar surface area (TPSA) is 162 Å². The minimum Gasteiger partial charge on any atom is -0.382 e. The molecule has 1 aromatic carbocycles. The molecule has 0 fully saturated rings. The van der Waals surface area contributed by atoms with Crippen molar-refractivity contribution in [3.63, 3.8) is 0 Å². The average molecular weight is 452 g/mol. The molecule has 0 saturated carbocycles. The summed E-state index contributed by atoms with van der Waals surface area (Å²) in [6, 6.07) is 8.05. The molecule has 0 aliphatic carbocycles. The van der Waals surface area contributed by atoms with E-state index < -0.39 is 0 Å². The molecule has 2 aromatic heterocycles. The van der Waals surface area contributed by atoms with Gasteiger partial charge in [0.25, 0.3) is 0 Å². The third kappa shape index (κ3) is 7.25. The predicted octanol–water partition coefficient (Wildman–Crippen LogP) is 2.14. The van der Waals surface area contributed by atoms with Crippen molar-refractivity contribution < 1.29 is 4.79 Å². The monoisotopic (exact) mass is 451 g/mol. The Hall–Kier alpha value is -3.53. The molecule has 3 aromatic rings. The van der Waals surface area contributed by atoms with Crippen LogP contribution in [0.1, 0.15) is 49.8 Å². The summed E-state index contributed by atoms with van der Waals surface area (Å²) in [4.78, 5) is 31.0. The number of hydrogen-bond acceptors (Lipinski definition) is 9. The van der Waals surface area contributed by atoms with E-state index in [2.05, 4.69) is 36.2 Å². The van der Waals surface area contributed by atoms with Gasteiger partial charge in [-0.15, -0.1) is 0 Å². The molecule has 10 nitrogen and oxygen atoms in total. The molecule has 3 rings (SSSR count). The van der Waals surface area contributed by atoms with Gasteiger partial charge in [-0.2, -0.15) is 9.97 Å². The highest BCUT2D eigenvalue weighted by Crippen LogP contribution is 2.19. The Labute approximate surface area is 194 Å². The second-order valence-electron chi connectivity index (χ2n) is 8.11. The first-order chi connectivity index (χ1) is 16.0. The summed E-state index contributed by atoms with van der Waals surface area (Å²) in [7, 11) is 1.97. The van der Waals surface area contributed by atoms with Crippen molar-refractivity contribution in [3.05, 3.63) is 41.7 Å². The number of hydrogen-bond donors (Lipinski definition) is 4. The van der Waals surface area contributed by atoms with Crippen molar-refractivity contribution in [1.82, 2.24) is 25.3 Å². The lowest BCUT2D eigenvalue weighted by Gasteiger charge is -2.20. The van der Waals surface area contributed by atoms with Crippen LogP contribution in [0.2, 0.25) is 0 Å². The lowest BCUT2D eigenvalue weighted by atomic mass is 10.1. The second-order valence-corrected chi connectivity index (χ2v) is 8.11. The number of amides is 1. The van der Waals surface area contributed by atoms with E-state index in [1.165, 1.54) is 0 Å². The Morgan fingerprint density at radius 3 is 2.67 bits per heavy atom. The molecule has 2 heterocycles. The lowest BCUT2D eigenvalue weighted by molar-refractivity contribution is -0.121. The maximum absolute atomic E-state index is 12.1. The maximum Gasteiger partial charge on any atom is 0.224 e. The molecule has 33 heavy (non-hydrogen) atoms. The number of carbonyl (C=O) groups is 1. The van der Waals surface area contributed by atoms with Crippen LogP contribution in [0.15, 0.2) is 30.5 Å². The predicted molar refractivity (Wildman–Crippen MR) is 131 cm³/mol. The van der Waals surface area contributed by atoms with Crippen molar-refractivity contribution in [2.45, 2.75) is 51.6 Å². The van der Waals surface area contributed by atoms with Gasteiger partial charge in [0.05, 0.1) is 18.4 Å². The molecule has 1 amide bonds. The number of anilines is 3. The van der Waals surface area contributed by atoms with Gasteiger partial charge in [-0.1, -0.05) is 31.4 Å². The van der Waals surface area contributed by atoms with Gasteiger partial charge >= 0.3 is 0 Å². The van der Waals surface area contributed by atoms with Crippen LogP contribution >= 0.6 is 0 Å². The molecule has 0 spiro atoms. The van der Waals surface area contributed by atoms with Gasteiger partial charge in [0.15, 0.2) is 17.0 Å². The number of fused-ring (bicyclic) bond motifs is 1. The van der Waals surface area contributed by atoms with Crippen LogP contribution < -0.4 is 27.4 Å². The Balaban J connectivity index is 1.52. The van der Waals surface area contributed by atoms with Crippen molar-refractivity contribution in [3.8, 4) is 0 Å². The van der Waals surface area contributed by atoms with Crippen LogP contribution in [0.25, 0.3) is 11.2 Å². The van der Waals surface area contributed by atoms with Crippen LogP contribution in [0.5, 0.6) is 0 Å². The van der Waals surface area contributed by atoms with E-state index in [-0.39, 0.29) is 17.7 Å². The van der Waals surface area contributed by atoms with Crippen molar-refractivity contribution in [2.24, 2.45) is 5.73 Å². The van der Waals surface area contributed by atoms with Gasteiger partial charge < -0.3 is 27.4 Å². The van der Waals surface area contributed by atoms with Crippen LogP contribution in [0, 0.1) is 0 Å². The normalized spacial score (nSPS) is 11.0. The number of benzene rings is 1. The molecule has 0 bridgehead atoms. The Morgan fingerprint density at radius 1 is 1.06 bits per heavy atom. The smallest absolute Gasteiger partial charge is 0.224 e. The van der Waals surface area contributed by atoms with Crippen LogP contribution in [-0.4, -0.2) is 39.4 Å². The zero-order chi connectivity index (χ0) is 23.6. The van der Waals surface area contributed by atoms with Gasteiger partial charge in [0.2, 0.25) is 11.9 Å². The number of nitrogens with zero attached hydrogens (tertiary/aromatic N) is 5. The summed E-state index contributed by atoms with van der Waals surface area (Å²) in [6.45, 7) is 1.76. The maximum atomic E-state index is 12.1. The third-order valence-electron chi connectivity index (χ3n) is 5.35. The van der Waals surface area contributed by atoms with E-state index in [0.717, 1.165) is 55.6 Å². The molecular formula is C23H33N9O. The molecule has 0 radical (unpaired) electrons. The molecule has 0 atom stereocenters. The molecule has 0 unspecified atom stereocenters. The minimum atomic E-state index is 0.0746. The summed E-state index contributed by atoms with van der Waals surface area (Å²) < 4.78 is 0. The quantitative estimate of drug-likeness (QED) is 0.302. The van der Waals surface area contributed by atoms with Crippen molar-refractivity contribution in [1.29, 1.82) is 0 Å². The van der Waals surface area contributed by atoms with Gasteiger partial charge in [-0.05, 0) is 37.1 Å². The van der Waals surface area contributed by atoms with E-state index in [1.54, 1.807) is 6.20 Å². The van der Waals surface area contributed by atoms with E-state index in [0.29, 0.717) is 30.7 Å². The summed E-state index contributed by atoms with van der Waals surface area (Å²) in [5, 5.41) is 3.01. The fourth-order valence-electron chi connectivity index (χ4n) is 3.55. The highest BCUT2D eigenvalue weighted by Gasteiger charge is 2.10. The largest absolute Gasteiger partial charge is 0.382 e. The van der Waals surface area contributed by atoms with E-state index in [9.17, 15) is 4.79 Å². The van der Waals surface area contributed by atoms with Crippen molar-refractivity contribution in [2.75, 3.05) is 30.0 Å². The highest BCUT2D eigenvalue weighted by molar-refractivity contribution is 5.81. The summed E-state index contributed by atoms with van der Waals surface area (Å²) >= 11 is 0. The fourth-order valence-corrected chi connectivity index (χ4v) is 3.55. The van der Waals surface area contributed by atoms with Gasteiger partial charge in [0, 0.05) is 25.7 Å². The number of rotatable bonds is 12. The van der Waals surface area contributed by atoms with Gasteiger partial charge in [-0.25, -0.2) is 9.97 Å². The molecule has 0 saturated heterocycles. The Morgan fingerprint density at radius 2 is 1.85 bits per heavy atom. The first-order valence-electron chi connectivity index (χ1n) is 11.3. The van der Waals surface area contributed by atoms with Gasteiger partial charge in [0.1, 0.15) is 0 Å². The minimum absolute atomic E-state index is 0.0746. The first-order valence-corrected chi connectivity index (χ1v) is 11.3. The van der Waals surface area contributed by atoms with E-state index >= 15 is 0 Å². The molecule has 10 heteroatoms. The molecule has 7 N–H and O–H groups in total. The van der Waals surface area contributed by atoms with Gasteiger partial charge in [-0.3, -0.25) is 4.79 Å². The number of carbonyl (C=O) groups excluding carboxylic acids is 1. The SMILES string of the molecule is CN(Cc1cnc2nc(N)nc(N)c2n1)c1cccc(CNC(=O)CCCCCCCN)c1. The number of aromatic nitrogens is 4. The number of nitrogen functional groups attached to an aromatic ring is 2. The highest BCUT2D eigenvalue weighted by atomic mass is 16.1. The standard InChI is InChI=1S/C23H33N9O/c1-32(15-17-14-28-22-20(29-17)21(25)30-23(26)31-22)18-9-7-8-16(12-18)13-27-19(33)10-5-3-2-4-6-11-24/h7-9,12,14H,2-6,10-11,13,15,24H2,1H3,(H,27,33)(H4,25,26,28,30,31). The zero-order valence-electron chi connectivity index (χ0n) is 19.1. The van der Waals surface area contributed by atoms with E-state index in [4.69, 9.17) is 17.2 Å². The summed E-state index contributed by atoms with van der Waals surface area (Å²) in [5.74, 6) is 0.368. The van der Waals surface area contributed by atoms with Crippen LogP contribution in [-0.2, 0) is 17.9 Å². The van der Waals surface area contributed by atoms with Crippen molar-refractivity contribution >= 4 is 34.5 Å². The fraction of sp³-hybridized carbons (Fsp3) is 0.435. The zero-order valence-corrected chi connectivity index (χ0v) is 19.1. The number of unbranched alkanes of at least 4 members (excludes halogenated alkanes) is 4. The molecule has 0 aliphatic rings. The summed E-state index contributed by atoms with van der Waals surface area (Å²) in [5.41, 5.74) is 20.6. The van der Waals surface area contributed by atoms with Crippen LogP contribution in [0.3, 0.4) is 0 Å².